The van der Waals surface area contributed by atoms with Crippen LogP contribution in [-0.2, 0) is 17.7 Å². The molecule has 4 nitrogen and oxygen atoms in total. The van der Waals surface area contributed by atoms with E-state index in [0.29, 0.717) is 12.0 Å². The molecule has 0 saturated carbocycles. The summed E-state index contributed by atoms with van der Waals surface area (Å²) >= 11 is 0. The van der Waals surface area contributed by atoms with E-state index in [0.717, 1.165) is 26.2 Å². The molecule has 1 saturated heterocycles. The van der Waals surface area contributed by atoms with Crippen molar-refractivity contribution in [3.8, 4) is 0 Å². The number of aryl methyl sites for hydroxylation is 1. The van der Waals surface area contributed by atoms with E-state index < -0.39 is 0 Å². The van der Waals surface area contributed by atoms with Crippen LogP contribution in [0.3, 0.4) is 0 Å². The third-order valence-electron chi connectivity index (χ3n) is 4.52. The van der Waals surface area contributed by atoms with Gasteiger partial charge in [0.05, 0.1) is 11.2 Å². The van der Waals surface area contributed by atoms with E-state index >= 15 is 0 Å². The van der Waals surface area contributed by atoms with E-state index in [-0.39, 0.29) is 0 Å². The highest BCUT2D eigenvalue weighted by Crippen LogP contribution is 2.23. The van der Waals surface area contributed by atoms with Crippen molar-refractivity contribution in [1.82, 2.24) is 15.1 Å². The quantitative estimate of drug-likeness (QED) is 0.887. The van der Waals surface area contributed by atoms with Crippen LogP contribution in [0.4, 0.5) is 0 Å². The van der Waals surface area contributed by atoms with Gasteiger partial charge >= 0.3 is 0 Å². The molecule has 0 radical (unpaired) electrons. The zero-order valence-corrected chi connectivity index (χ0v) is 13.0. The molecule has 1 aliphatic heterocycles. The Balaban J connectivity index is 1.79. The van der Waals surface area contributed by atoms with Gasteiger partial charge in [0.2, 0.25) is 0 Å². The minimum absolute atomic E-state index is 0.473. The molecule has 4 heteroatoms. The number of fused-ring (bicyclic) bond motifs is 1. The lowest BCUT2D eigenvalue weighted by Gasteiger charge is -2.18. The summed E-state index contributed by atoms with van der Waals surface area (Å²) < 4.78 is 7.60. The van der Waals surface area contributed by atoms with E-state index in [1.807, 2.05) is 0 Å². The van der Waals surface area contributed by atoms with Crippen LogP contribution < -0.4 is 5.32 Å². The molecule has 2 atom stereocenters. The number of nitrogens with one attached hydrogen (secondary N) is 1. The normalized spacial score (nSPS) is 20.2. The number of aromatic nitrogens is 2. The topological polar surface area (TPSA) is 39.1 Å². The molecule has 2 unspecified atom stereocenters. The average Bonchev–Trinajstić information content (AvgIpc) is 3.14. The maximum Gasteiger partial charge on any atom is 0.0718 e. The minimum Gasteiger partial charge on any atom is -0.381 e. The second-order valence-corrected chi connectivity index (χ2v) is 5.93. The van der Waals surface area contributed by atoms with Crippen molar-refractivity contribution in [2.24, 2.45) is 5.92 Å². The van der Waals surface area contributed by atoms with Crippen molar-refractivity contribution in [1.29, 1.82) is 0 Å². The first-order valence-corrected chi connectivity index (χ1v) is 8.01. The standard InChI is InChI=1S/C17H25N3O/c1-3-20-17-7-5-4-6-15(17)16(19-20)11-14(18-2)10-13-8-9-21-12-13/h4-7,13-14,18H,3,8-12H2,1-2H3. The van der Waals surface area contributed by atoms with Crippen molar-refractivity contribution in [3.63, 3.8) is 0 Å². The van der Waals surface area contributed by atoms with E-state index in [9.17, 15) is 0 Å². The molecule has 1 aromatic carbocycles. The Hall–Kier alpha value is -1.39. The second kappa shape index (κ2) is 6.58. The van der Waals surface area contributed by atoms with E-state index in [1.54, 1.807) is 0 Å². The largest absolute Gasteiger partial charge is 0.381 e. The summed E-state index contributed by atoms with van der Waals surface area (Å²) in [6.45, 7) is 4.91. The molecule has 3 rings (SSSR count). The fraction of sp³-hybridized carbons (Fsp3) is 0.588. The van der Waals surface area contributed by atoms with Gasteiger partial charge in [-0.25, -0.2) is 0 Å². The first kappa shape index (κ1) is 14.5. The number of benzene rings is 1. The van der Waals surface area contributed by atoms with Gasteiger partial charge in [-0.2, -0.15) is 5.10 Å². The Morgan fingerprint density at radius 3 is 3.00 bits per heavy atom. The van der Waals surface area contributed by atoms with Gasteiger partial charge in [0.15, 0.2) is 0 Å². The van der Waals surface area contributed by atoms with Crippen LogP contribution in [0, 0.1) is 5.92 Å². The highest BCUT2D eigenvalue weighted by molar-refractivity contribution is 5.82. The van der Waals surface area contributed by atoms with E-state index in [2.05, 4.69) is 48.2 Å². The molecule has 1 aromatic heterocycles. The van der Waals surface area contributed by atoms with Crippen LogP contribution >= 0.6 is 0 Å². The second-order valence-electron chi connectivity index (χ2n) is 5.93. The van der Waals surface area contributed by atoms with Crippen molar-refractivity contribution in [2.75, 3.05) is 20.3 Å². The fourth-order valence-corrected chi connectivity index (χ4v) is 3.30. The summed E-state index contributed by atoms with van der Waals surface area (Å²) in [6.07, 6.45) is 3.35. The zero-order valence-electron chi connectivity index (χ0n) is 13.0. The molecule has 1 fully saturated rings. The molecule has 2 heterocycles. The summed E-state index contributed by atoms with van der Waals surface area (Å²) in [5.41, 5.74) is 2.46. The van der Waals surface area contributed by atoms with Gasteiger partial charge in [-0.1, -0.05) is 18.2 Å². The first-order valence-electron chi connectivity index (χ1n) is 8.01. The lowest BCUT2D eigenvalue weighted by Crippen LogP contribution is -2.30. The van der Waals surface area contributed by atoms with Gasteiger partial charge in [0.1, 0.15) is 0 Å². The van der Waals surface area contributed by atoms with Crippen LogP contribution in [0.25, 0.3) is 10.9 Å². The van der Waals surface area contributed by atoms with Crippen molar-refractivity contribution < 1.29 is 4.74 Å². The Bertz CT molecular complexity index is 587. The molecule has 0 spiro atoms. The number of likely N-dealkylation sites (N-methyl/N-ethyl adjacent to an activating group) is 1. The van der Waals surface area contributed by atoms with Gasteiger partial charge in [-0.15, -0.1) is 0 Å². The molecule has 0 aliphatic carbocycles. The molecule has 21 heavy (non-hydrogen) atoms. The van der Waals surface area contributed by atoms with Crippen LogP contribution in [0.1, 0.15) is 25.5 Å². The first-order chi connectivity index (χ1) is 10.3. The summed E-state index contributed by atoms with van der Waals surface area (Å²) in [4.78, 5) is 0. The van der Waals surface area contributed by atoms with Crippen molar-refractivity contribution >= 4 is 10.9 Å². The van der Waals surface area contributed by atoms with Crippen LogP contribution in [0.5, 0.6) is 0 Å². The zero-order chi connectivity index (χ0) is 14.7. The molecule has 1 N–H and O–H groups in total. The van der Waals surface area contributed by atoms with Crippen molar-refractivity contribution in [3.05, 3.63) is 30.0 Å². The molecular weight excluding hydrogens is 262 g/mol. The van der Waals surface area contributed by atoms with Gasteiger partial charge < -0.3 is 10.1 Å². The Labute approximate surface area is 126 Å². The lowest BCUT2D eigenvalue weighted by molar-refractivity contribution is 0.181. The van der Waals surface area contributed by atoms with E-state index in [4.69, 9.17) is 9.84 Å². The average molecular weight is 287 g/mol. The van der Waals surface area contributed by atoms with Crippen LogP contribution in [0.2, 0.25) is 0 Å². The van der Waals surface area contributed by atoms with Gasteiger partial charge in [-0.05, 0) is 38.8 Å². The summed E-state index contributed by atoms with van der Waals surface area (Å²) in [7, 11) is 2.06. The predicted molar refractivity (Wildman–Crippen MR) is 85.5 cm³/mol. The smallest absolute Gasteiger partial charge is 0.0718 e. The Morgan fingerprint density at radius 1 is 1.43 bits per heavy atom. The fourth-order valence-electron chi connectivity index (χ4n) is 3.30. The predicted octanol–water partition coefficient (Wildman–Crippen LogP) is 2.61. The van der Waals surface area contributed by atoms with Gasteiger partial charge in [-0.3, -0.25) is 4.68 Å². The Morgan fingerprint density at radius 2 is 2.29 bits per heavy atom. The van der Waals surface area contributed by atoms with E-state index in [1.165, 1.54) is 29.4 Å². The number of rotatable bonds is 6. The highest BCUT2D eigenvalue weighted by Gasteiger charge is 2.21. The van der Waals surface area contributed by atoms with Crippen molar-refractivity contribution in [2.45, 2.75) is 38.8 Å². The van der Waals surface area contributed by atoms with Crippen LogP contribution in [0.15, 0.2) is 24.3 Å². The molecule has 2 aromatic rings. The summed E-state index contributed by atoms with van der Waals surface area (Å²) in [5, 5.41) is 9.57. The third kappa shape index (κ3) is 3.11. The number of nitrogens with zero attached hydrogens (tertiary/aromatic N) is 2. The third-order valence-corrected chi connectivity index (χ3v) is 4.52. The Kier molecular flexibility index (Phi) is 4.56. The molecule has 114 valence electrons. The highest BCUT2D eigenvalue weighted by atomic mass is 16.5. The number of ether oxygens (including phenoxy) is 1. The minimum atomic E-state index is 0.473. The molecule has 1 aliphatic rings. The summed E-state index contributed by atoms with van der Waals surface area (Å²) in [5.74, 6) is 0.696. The molecular formula is C17H25N3O. The molecule has 0 bridgehead atoms. The van der Waals surface area contributed by atoms with Gasteiger partial charge in [0, 0.05) is 37.6 Å². The lowest BCUT2D eigenvalue weighted by atomic mass is 9.95. The maximum absolute atomic E-state index is 5.50. The molecule has 0 amide bonds. The number of para-hydroxylation sites is 1. The monoisotopic (exact) mass is 287 g/mol. The van der Waals surface area contributed by atoms with Gasteiger partial charge in [0.25, 0.3) is 0 Å². The maximum atomic E-state index is 5.50. The van der Waals surface area contributed by atoms with Crippen LogP contribution in [-0.4, -0.2) is 36.1 Å². The SMILES string of the molecule is CCn1nc(CC(CC2CCOC2)NC)c2ccccc21. The number of hydrogen-bond acceptors (Lipinski definition) is 3. The summed E-state index contributed by atoms with van der Waals surface area (Å²) in [6, 6.07) is 9.02. The number of hydrogen-bond donors (Lipinski definition) is 1.